The molecule has 0 amide bonds. The Morgan fingerprint density at radius 1 is 1.40 bits per heavy atom. The Morgan fingerprint density at radius 2 is 2.20 bits per heavy atom. The molecule has 2 atom stereocenters. The fraction of sp³-hybridized carbons (Fsp3) is 0.500. The molecule has 2 aliphatic rings. The van der Waals surface area contributed by atoms with Crippen LogP contribution in [0.5, 0.6) is 0 Å². The number of morpholine rings is 1. The summed E-state index contributed by atoms with van der Waals surface area (Å²) in [6.45, 7) is 1.91. The van der Waals surface area contributed by atoms with Gasteiger partial charge < -0.3 is 15.4 Å². The van der Waals surface area contributed by atoms with Crippen LogP contribution in [0.3, 0.4) is 0 Å². The highest BCUT2D eigenvalue weighted by Gasteiger charge is 2.36. The number of hydrogen-bond acceptors (Lipinski definition) is 7. The maximum absolute atomic E-state index is 12.3. The Bertz CT molecular complexity index is 862. The first kappa shape index (κ1) is 16.6. The van der Waals surface area contributed by atoms with Gasteiger partial charge in [-0.05, 0) is 12.0 Å². The number of hydrogen-bond donors (Lipinski definition) is 2. The van der Waals surface area contributed by atoms with Gasteiger partial charge in [-0.3, -0.25) is 9.09 Å². The molecule has 2 fully saturated rings. The number of nitrogens with zero attached hydrogens (tertiary/aromatic N) is 5. The van der Waals surface area contributed by atoms with Gasteiger partial charge in [0.25, 0.3) is 0 Å². The van der Waals surface area contributed by atoms with Crippen LogP contribution in [0.2, 0.25) is 0 Å². The molecule has 134 valence electrons. The van der Waals surface area contributed by atoms with Crippen LogP contribution in [0, 0.1) is 5.92 Å². The Balaban J connectivity index is 1.39. The minimum absolute atomic E-state index is 0.123. The van der Waals surface area contributed by atoms with Crippen molar-refractivity contribution in [2.24, 2.45) is 5.92 Å². The van der Waals surface area contributed by atoms with E-state index in [2.05, 4.69) is 15.0 Å². The normalized spacial score (nSPS) is 25.3. The standard InChI is InChI=1S/C14H19N6O4P/c15-13-12-14(17-8-16-13)19(9-18-12)6-10-5-11(10)7-24-25(21,22)20-1-3-23-4-2-20/h6,8-9,11H,1-5,7H2,(H,21,22)(H2,15,16,17)/b10-6+. The number of nitrogen functional groups attached to an aromatic ring is 1. The third kappa shape index (κ3) is 3.44. The van der Waals surface area contributed by atoms with E-state index in [1.807, 2.05) is 6.20 Å². The molecule has 2 aromatic rings. The van der Waals surface area contributed by atoms with Crippen LogP contribution in [0.15, 0.2) is 18.2 Å². The molecule has 0 aromatic carbocycles. The Hall–Kier alpha value is -1.84. The van der Waals surface area contributed by atoms with Gasteiger partial charge in [0, 0.05) is 25.2 Å². The van der Waals surface area contributed by atoms with Crippen LogP contribution in [0.4, 0.5) is 5.82 Å². The van der Waals surface area contributed by atoms with E-state index < -0.39 is 7.75 Å². The van der Waals surface area contributed by atoms with E-state index in [0.717, 1.165) is 12.0 Å². The summed E-state index contributed by atoms with van der Waals surface area (Å²) < 4.78 is 26.0. The lowest BCUT2D eigenvalue weighted by Crippen LogP contribution is -2.34. The number of rotatable bonds is 5. The molecule has 1 aliphatic heterocycles. The van der Waals surface area contributed by atoms with Crippen LogP contribution in [0.25, 0.3) is 17.4 Å². The summed E-state index contributed by atoms with van der Waals surface area (Å²) in [5.74, 6) is 0.461. The second-order valence-electron chi connectivity index (χ2n) is 6.04. The van der Waals surface area contributed by atoms with Gasteiger partial charge in [-0.2, -0.15) is 0 Å². The predicted octanol–water partition coefficient (Wildman–Crippen LogP) is 0.718. The number of anilines is 1. The molecule has 0 spiro atoms. The summed E-state index contributed by atoms with van der Waals surface area (Å²) in [6, 6.07) is 0. The third-order valence-electron chi connectivity index (χ3n) is 4.33. The summed E-state index contributed by atoms with van der Waals surface area (Å²) in [5, 5.41) is 0. The molecule has 4 rings (SSSR count). The van der Waals surface area contributed by atoms with E-state index in [1.54, 1.807) is 10.9 Å². The molecule has 10 nitrogen and oxygen atoms in total. The largest absolute Gasteiger partial charge is 0.405 e. The summed E-state index contributed by atoms with van der Waals surface area (Å²) in [6.07, 6.45) is 5.74. The SMILES string of the molecule is Nc1ncnc2c1ncn2/C=C1\CC1COP(=O)(O)N1CCOCC1. The van der Waals surface area contributed by atoms with Crippen LogP contribution < -0.4 is 5.73 Å². The zero-order chi connectivity index (χ0) is 17.4. The molecule has 0 radical (unpaired) electrons. The first-order valence-electron chi connectivity index (χ1n) is 7.99. The maximum atomic E-state index is 12.3. The topological polar surface area (TPSA) is 129 Å². The van der Waals surface area contributed by atoms with E-state index in [-0.39, 0.29) is 12.5 Å². The fourth-order valence-corrected chi connectivity index (χ4v) is 3.97. The first-order chi connectivity index (χ1) is 12.0. The van der Waals surface area contributed by atoms with Crippen LogP contribution in [0.1, 0.15) is 6.42 Å². The van der Waals surface area contributed by atoms with Gasteiger partial charge in [0.1, 0.15) is 12.7 Å². The second-order valence-corrected chi connectivity index (χ2v) is 7.85. The molecule has 1 saturated carbocycles. The highest BCUT2D eigenvalue weighted by molar-refractivity contribution is 7.50. The molecular formula is C14H19N6O4P. The van der Waals surface area contributed by atoms with Gasteiger partial charge in [0.15, 0.2) is 17.0 Å². The molecule has 11 heteroatoms. The van der Waals surface area contributed by atoms with Crippen LogP contribution in [-0.2, 0) is 13.8 Å². The molecule has 25 heavy (non-hydrogen) atoms. The Kier molecular flexibility index (Phi) is 4.30. The summed E-state index contributed by atoms with van der Waals surface area (Å²) in [4.78, 5) is 22.4. The quantitative estimate of drug-likeness (QED) is 0.735. The fourth-order valence-electron chi connectivity index (χ4n) is 2.77. The van der Waals surface area contributed by atoms with Crippen molar-refractivity contribution in [3.8, 4) is 0 Å². The number of aromatic nitrogens is 4. The summed E-state index contributed by atoms with van der Waals surface area (Å²) in [5.41, 5.74) is 8.07. The van der Waals surface area contributed by atoms with Crippen molar-refractivity contribution in [3.05, 3.63) is 18.2 Å². The maximum Gasteiger partial charge on any atom is 0.405 e. The van der Waals surface area contributed by atoms with Crippen molar-refractivity contribution in [2.75, 3.05) is 38.6 Å². The highest BCUT2D eigenvalue weighted by Crippen LogP contribution is 2.49. The Labute approximate surface area is 143 Å². The first-order valence-corrected chi connectivity index (χ1v) is 9.52. The van der Waals surface area contributed by atoms with Crippen molar-refractivity contribution in [1.29, 1.82) is 0 Å². The molecule has 1 saturated heterocycles. The zero-order valence-corrected chi connectivity index (χ0v) is 14.4. The van der Waals surface area contributed by atoms with E-state index in [1.165, 1.54) is 11.0 Å². The molecule has 2 unspecified atom stereocenters. The van der Waals surface area contributed by atoms with Crippen molar-refractivity contribution >= 4 is 30.9 Å². The lowest BCUT2D eigenvalue weighted by atomic mass is 10.4. The summed E-state index contributed by atoms with van der Waals surface area (Å²) >= 11 is 0. The molecule has 1 aliphatic carbocycles. The van der Waals surface area contributed by atoms with Gasteiger partial charge in [-0.25, -0.2) is 24.2 Å². The smallest absolute Gasteiger partial charge is 0.382 e. The second kappa shape index (κ2) is 6.47. The lowest BCUT2D eigenvalue weighted by Gasteiger charge is -2.29. The lowest BCUT2D eigenvalue weighted by molar-refractivity contribution is 0.0555. The zero-order valence-electron chi connectivity index (χ0n) is 13.5. The summed E-state index contributed by atoms with van der Waals surface area (Å²) in [7, 11) is -3.75. The van der Waals surface area contributed by atoms with E-state index in [0.29, 0.717) is 43.3 Å². The van der Waals surface area contributed by atoms with Gasteiger partial charge in [0.2, 0.25) is 0 Å². The Morgan fingerprint density at radius 3 is 3.00 bits per heavy atom. The van der Waals surface area contributed by atoms with Crippen LogP contribution in [-0.4, -0.2) is 62.0 Å². The monoisotopic (exact) mass is 366 g/mol. The number of ether oxygens (including phenoxy) is 1. The van der Waals surface area contributed by atoms with E-state index in [4.69, 9.17) is 15.0 Å². The molecule has 3 N–H and O–H groups in total. The van der Waals surface area contributed by atoms with Gasteiger partial charge >= 0.3 is 7.75 Å². The van der Waals surface area contributed by atoms with Gasteiger partial charge in [0.05, 0.1) is 19.8 Å². The number of fused-ring (bicyclic) bond motifs is 1. The van der Waals surface area contributed by atoms with Crippen LogP contribution >= 0.6 is 7.75 Å². The van der Waals surface area contributed by atoms with Crippen molar-refractivity contribution in [3.63, 3.8) is 0 Å². The van der Waals surface area contributed by atoms with Crippen molar-refractivity contribution in [1.82, 2.24) is 24.2 Å². The molecular weight excluding hydrogens is 347 g/mol. The minimum Gasteiger partial charge on any atom is -0.382 e. The minimum atomic E-state index is -3.75. The molecule has 3 heterocycles. The number of imidazole rings is 1. The van der Waals surface area contributed by atoms with Gasteiger partial charge in [-0.1, -0.05) is 0 Å². The third-order valence-corrected chi connectivity index (χ3v) is 5.93. The average Bonchev–Trinajstić information content (AvgIpc) is 3.23. The number of nitrogens with two attached hydrogens (primary N) is 1. The van der Waals surface area contributed by atoms with Gasteiger partial charge in [-0.15, -0.1) is 0 Å². The van der Waals surface area contributed by atoms with Crippen molar-refractivity contribution in [2.45, 2.75) is 6.42 Å². The van der Waals surface area contributed by atoms with Crippen molar-refractivity contribution < 1.29 is 18.7 Å². The predicted molar refractivity (Wildman–Crippen MR) is 90.3 cm³/mol. The van der Waals surface area contributed by atoms with E-state index in [9.17, 15) is 9.46 Å². The molecule has 2 aromatic heterocycles. The molecule has 0 bridgehead atoms. The van der Waals surface area contributed by atoms with E-state index >= 15 is 0 Å². The highest BCUT2D eigenvalue weighted by atomic mass is 31.2. The average molecular weight is 366 g/mol.